The second kappa shape index (κ2) is 14.6. The van der Waals surface area contributed by atoms with Crippen LogP contribution < -0.4 is 4.90 Å². The predicted octanol–water partition coefficient (Wildman–Crippen LogP) is 4.94. The highest BCUT2D eigenvalue weighted by Crippen LogP contribution is 2.21. The number of sulfone groups is 1. The molecule has 1 aromatic rings. The Hall–Kier alpha value is -2.49. The summed E-state index contributed by atoms with van der Waals surface area (Å²) in [4.78, 5) is 30.6. The molecule has 10 nitrogen and oxygen atoms in total. The number of alkyl halides is 1. The van der Waals surface area contributed by atoms with Gasteiger partial charge in [-0.25, -0.2) is 13.2 Å². The lowest BCUT2D eigenvalue weighted by atomic mass is 10.1. The zero-order valence-electron chi connectivity index (χ0n) is 19.3. The van der Waals surface area contributed by atoms with E-state index >= 15 is 0 Å². The molecular weight excluding hydrogens is 470 g/mol. The van der Waals surface area contributed by atoms with Crippen LogP contribution in [0.2, 0.25) is 0 Å². The molecule has 2 amide bonds. The van der Waals surface area contributed by atoms with E-state index in [1.54, 1.807) is 29.2 Å². The van der Waals surface area contributed by atoms with Gasteiger partial charge in [0.2, 0.25) is 5.44 Å². The van der Waals surface area contributed by atoms with E-state index in [9.17, 15) is 18.0 Å². The molecule has 0 aliphatic carbocycles. The number of rotatable bonds is 14. The van der Waals surface area contributed by atoms with Crippen molar-refractivity contribution in [2.24, 2.45) is 5.11 Å². The summed E-state index contributed by atoms with van der Waals surface area (Å²) in [5.74, 6) is -0.122. The number of hydrogen-bond acceptors (Lipinski definition) is 6. The highest BCUT2D eigenvalue weighted by Gasteiger charge is 2.28. The molecule has 0 saturated heterocycles. The van der Waals surface area contributed by atoms with Gasteiger partial charge in [0, 0.05) is 42.1 Å². The Balaban J connectivity index is 2.80. The van der Waals surface area contributed by atoms with Crippen molar-refractivity contribution in [2.75, 3.05) is 36.8 Å². The van der Waals surface area contributed by atoms with Gasteiger partial charge < -0.3 is 9.64 Å². The van der Waals surface area contributed by atoms with Crippen molar-refractivity contribution in [3.63, 3.8) is 0 Å². The minimum absolute atomic E-state index is 0.122. The van der Waals surface area contributed by atoms with Crippen molar-refractivity contribution in [1.82, 2.24) is 4.90 Å². The van der Waals surface area contributed by atoms with E-state index in [2.05, 4.69) is 10.0 Å². The van der Waals surface area contributed by atoms with Crippen molar-refractivity contribution in [3.8, 4) is 0 Å². The van der Waals surface area contributed by atoms with Crippen LogP contribution in [0.3, 0.4) is 0 Å². The standard InChI is InChI=1S/C21H32ClN5O5S/c1-4-26(5-2)20(28)17-11-13-18(14-12-17)27(16-22)21(29)32-19(33(3,30)31)10-8-6-7-9-15-24-25-23/h11-14,19H,4-10,15-16H2,1-3H3. The van der Waals surface area contributed by atoms with Gasteiger partial charge in [0.05, 0.1) is 0 Å². The number of azide groups is 1. The maximum atomic E-state index is 12.7. The molecule has 0 fully saturated rings. The maximum Gasteiger partial charge on any atom is 0.416 e. The summed E-state index contributed by atoms with van der Waals surface area (Å²) in [6, 6.07) is 6.07. The number of benzene rings is 1. The van der Waals surface area contributed by atoms with Gasteiger partial charge in [-0.3, -0.25) is 9.69 Å². The Bertz CT molecular complexity index is 915. The first-order valence-electron chi connectivity index (χ1n) is 10.8. The summed E-state index contributed by atoms with van der Waals surface area (Å²) < 4.78 is 29.6. The zero-order chi connectivity index (χ0) is 24.9. The van der Waals surface area contributed by atoms with E-state index in [1.165, 1.54) is 0 Å². The maximum absolute atomic E-state index is 12.7. The number of carbonyl (C=O) groups is 2. The van der Waals surface area contributed by atoms with E-state index in [4.69, 9.17) is 21.9 Å². The number of unbranched alkanes of at least 4 members (excludes halogenated alkanes) is 3. The van der Waals surface area contributed by atoms with Gasteiger partial charge in [0.15, 0.2) is 9.84 Å². The smallest absolute Gasteiger partial charge is 0.416 e. The van der Waals surface area contributed by atoms with E-state index in [0.717, 1.165) is 17.6 Å². The van der Waals surface area contributed by atoms with Gasteiger partial charge in [0.25, 0.3) is 5.91 Å². The third kappa shape index (κ3) is 9.49. The Labute approximate surface area is 200 Å². The number of hydrogen-bond donors (Lipinski definition) is 0. The molecule has 0 heterocycles. The molecule has 0 aliphatic heterocycles. The highest BCUT2D eigenvalue weighted by atomic mass is 35.5. The summed E-state index contributed by atoms with van der Waals surface area (Å²) >= 11 is 5.95. The average molecular weight is 502 g/mol. The number of anilines is 1. The average Bonchev–Trinajstić information content (AvgIpc) is 2.78. The van der Waals surface area contributed by atoms with Crippen molar-refractivity contribution in [2.45, 2.75) is 51.4 Å². The van der Waals surface area contributed by atoms with Crippen LogP contribution in [0, 0.1) is 0 Å². The van der Waals surface area contributed by atoms with Crippen molar-refractivity contribution in [1.29, 1.82) is 0 Å². The second-order valence-corrected chi connectivity index (χ2v) is 9.80. The lowest BCUT2D eigenvalue weighted by Gasteiger charge is -2.24. The molecule has 1 atom stereocenters. The molecule has 0 aliphatic rings. The normalized spacial score (nSPS) is 11.9. The van der Waals surface area contributed by atoms with Crippen molar-refractivity contribution in [3.05, 3.63) is 40.3 Å². The second-order valence-electron chi connectivity index (χ2n) is 7.37. The first-order chi connectivity index (χ1) is 15.7. The molecule has 184 valence electrons. The fourth-order valence-electron chi connectivity index (χ4n) is 3.13. The summed E-state index contributed by atoms with van der Waals surface area (Å²) in [6.07, 6.45) is 3.02. The van der Waals surface area contributed by atoms with Gasteiger partial charge >= 0.3 is 6.09 Å². The number of nitrogens with zero attached hydrogens (tertiary/aromatic N) is 5. The van der Waals surface area contributed by atoms with Crippen LogP contribution in [0.4, 0.5) is 10.5 Å². The lowest BCUT2D eigenvalue weighted by molar-refractivity contribution is 0.0773. The SMILES string of the molecule is CCN(CC)C(=O)c1ccc(N(CCl)C(=O)OC(CCCCCCN=[N+]=[N-])S(C)(=O)=O)cc1. The largest absolute Gasteiger partial charge is 0.429 e. The van der Waals surface area contributed by atoms with E-state index in [0.29, 0.717) is 50.1 Å². The van der Waals surface area contributed by atoms with Gasteiger partial charge in [-0.2, -0.15) is 0 Å². The van der Waals surface area contributed by atoms with Crippen molar-refractivity contribution >= 4 is 39.1 Å². The minimum Gasteiger partial charge on any atom is -0.429 e. The van der Waals surface area contributed by atoms with E-state index < -0.39 is 21.4 Å². The van der Waals surface area contributed by atoms with Crippen LogP contribution in [0.1, 0.15) is 56.3 Å². The molecule has 0 bridgehead atoms. The molecule has 1 rings (SSSR count). The van der Waals surface area contributed by atoms with Crippen LogP contribution >= 0.6 is 11.6 Å². The molecule has 0 aromatic heterocycles. The van der Waals surface area contributed by atoms with Crippen LogP contribution in [-0.2, 0) is 14.6 Å². The molecule has 0 saturated carbocycles. The number of amides is 2. The Morgan fingerprint density at radius 1 is 1.12 bits per heavy atom. The zero-order valence-corrected chi connectivity index (χ0v) is 20.9. The topological polar surface area (TPSA) is 133 Å². The fraction of sp³-hybridized carbons (Fsp3) is 0.619. The van der Waals surface area contributed by atoms with Crippen molar-refractivity contribution < 1.29 is 22.7 Å². The predicted molar refractivity (Wildman–Crippen MR) is 129 cm³/mol. The third-order valence-electron chi connectivity index (χ3n) is 5.04. The van der Waals surface area contributed by atoms with Crippen LogP contribution in [-0.4, -0.2) is 62.6 Å². The number of halogens is 1. The molecule has 12 heteroatoms. The van der Waals surface area contributed by atoms with Crippen LogP contribution in [0.25, 0.3) is 10.4 Å². The summed E-state index contributed by atoms with van der Waals surface area (Å²) in [7, 11) is -3.65. The summed E-state index contributed by atoms with van der Waals surface area (Å²) in [5, 5.41) is 3.45. The summed E-state index contributed by atoms with van der Waals surface area (Å²) in [5.41, 5.74) is 7.82. The Morgan fingerprint density at radius 3 is 2.24 bits per heavy atom. The summed E-state index contributed by atoms with van der Waals surface area (Å²) in [6.45, 7) is 5.34. The number of ether oxygens (including phenoxy) is 1. The number of carbonyl (C=O) groups excluding carboxylic acids is 2. The first kappa shape index (κ1) is 28.5. The molecular formula is C21H32ClN5O5S. The van der Waals surface area contributed by atoms with E-state index in [-0.39, 0.29) is 18.3 Å². The Morgan fingerprint density at radius 2 is 1.73 bits per heavy atom. The monoisotopic (exact) mass is 501 g/mol. The molecule has 1 aromatic carbocycles. The quantitative estimate of drug-likeness (QED) is 0.0888. The third-order valence-corrected chi connectivity index (χ3v) is 6.56. The van der Waals surface area contributed by atoms with Gasteiger partial charge in [-0.1, -0.05) is 18.0 Å². The minimum atomic E-state index is -3.65. The van der Waals surface area contributed by atoms with Gasteiger partial charge in [-0.05, 0) is 62.9 Å². The molecule has 1 unspecified atom stereocenters. The molecule has 0 spiro atoms. The molecule has 0 radical (unpaired) electrons. The van der Waals surface area contributed by atoms with E-state index in [1.807, 2.05) is 13.8 Å². The molecule has 33 heavy (non-hydrogen) atoms. The fourth-order valence-corrected chi connectivity index (χ4v) is 4.22. The molecule has 0 N–H and O–H groups in total. The first-order valence-corrected chi connectivity index (χ1v) is 13.3. The highest BCUT2D eigenvalue weighted by molar-refractivity contribution is 7.91. The lowest BCUT2D eigenvalue weighted by Crippen LogP contribution is -2.36. The van der Waals surface area contributed by atoms with Gasteiger partial charge in [-0.15, -0.1) is 11.6 Å². The van der Waals surface area contributed by atoms with Crippen LogP contribution in [0.15, 0.2) is 29.4 Å². The van der Waals surface area contributed by atoms with Gasteiger partial charge in [0.1, 0.15) is 6.00 Å². The van der Waals surface area contributed by atoms with Crippen LogP contribution in [0.5, 0.6) is 0 Å². The Kier molecular flexibility index (Phi) is 12.6.